The van der Waals surface area contributed by atoms with Gasteiger partial charge in [-0.15, -0.1) is 10.2 Å². The van der Waals surface area contributed by atoms with E-state index in [9.17, 15) is 0 Å². The molecule has 2 aromatic heterocycles. The monoisotopic (exact) mass is 372 g/mol. The van der Waals surface area contributed by atoms with Crippen LogP contribution in [0.3, 0.4) is 0 Å². The van der Waals surface area contributed by atoms with E-state index in [0.29, 0.717) is 12.1 Å². The van der Waals surface area contributed by atoms with Crippen molar-refractivity contribution in [3.8, 4) is 17.4 Å². The van der Waals surface area contributed by atoms with E-state index in [1.54, 1.807) is 19.5 Å². The number of rotatable bonds is 5. The second kappa shape index (κ2) is 6.92. The van der Waals surface area contributed by atoms with E-state index in [-0.39, 0.29) is 0 Å². The van der Waals surface area contributed by atoms with Crippen LogP contribution in [0, 0.1) is 0 Å². The lowest BCUT2D eigenvalue weighted by molar-refractivity contribution is 0.379. The number of allylic oxidation sites excluding steroid dienone is 2. The largest absolute Gasteiger partial charge is 0.467 e. The summed E-state index contributed by atoms with van der Waals surface area (Å²) in [6.45, 7) is 0.774. The van der Waals surface area contributed by atoms with Crippen LogP contribution in [0.1, 0.15) is 24.4 Å². The molecule has 1 aromatic carbocycles. The minimum absolute atomic E-state index is 0.377. The molecule has 1 fully saturated rings. The van der Waals surface area contributed by atoms with Gasteiger partial charge in [-0.2, -0.15) is 0 Å². The molecule has 0 atom stereocenters. The SMILES string of the molecule is COc1ncc(C2=CCN(c3cccc(-c4nncn4C4CC4)c3)C=C2)cn1. The number of nitrogens with zero attached hydrogens (tertiary/aromatic N) is 6. The lowest BCUT2D eigenvalue weighted by Gasteiger charge is -2.23. The van der Waals surface area contributed by atoms with Crippen LogP contribution < -0.4 is 9.64 Å². The minimum atomic E-state index is 0.377. The molecule has 0 spiro atoms. The number of methoxy groups -OCH3 is 1. The molecule has 0 radical (unpaired) electrons. The van der Waals surface area contributed by atoms with Gasteiger partial charge in [0.2, 0.25) is 0 Å². The summed E-state index contributed by atoms with van der Waals surface area (Å²) in [5, 5.41) is 8.45. The van der Waals surface area contributed by atoms with Crippen LogP contribution in [-0.4, -0.2) is 38.4 Å². The lowest BCUT2D eigenvalue weighted by Crippen LogP contribution is -2.18. The van der Waals surface area contributed by atoms with Crippen molar-refractivity contribution in [2.24, 2.45) is 0 Å². The Morgan fingerprint density at radius 1 is 1.11 bits per heavy atom. The number of anilines is 1. The Kier molecular flexibility index (Phi) is 4.12. The maximum absolute atomic E-state index is 5.02. The normalized spacial score (nSPS) is 16.2. The molecule has 3 aromatic rings. The van der Waals surface area contributed by atoms with Gasteiger partial charge < -0.3 is 14.2 Å². The Hall–Kier alpha value is -3.48. The molecule has 1 aliphatic carbocycles. The van der Waals surface area contributed by atoms with E-state index in [4.69, 9.17) is 4.74 Å². The Morgan fingerprint density at radius 3 is 2.68 bits per heavy atom. The van der Waals surface area contributed by atoms with E-state index in [2.05, 4.69) is 72.2 Å². The van der Waals surface area contributed by atoms with Crippen LogP contribution in [0.15, 0.2) is 61.3 Å². The van der Waals surface area contributed by atoms with Gasteiger partial charge in [0, 0.05) is 48.0 Å². The first-order valence-electron chi connectivity index (χ1n) is 9.33. The second-order valence-corrected chi connectivity index (χ2v) is 6.93. The topological polar surface area (TPSA) is 69.0 Å². The Balaban J connectivity index is 1.36. The highest BCUT2D eigenvalue weighted by Crippen LogP contribution is 2.38. The highest BCUT2D eigenvalue weighted by Gasteiger charge is 2.26. The van der Waals surface area contributed by atoms with Gasteiger partial charge >= 0.3 is 6.01 Å². The average molecular weight is 372 g/mol. The Morgan fingerprint density at radius 2 is 1.96 bits per heavy atom. The number of ether oxygens (including phenoxy) is 1. The number of hydrogen-bond donors (Lipinski definition) is 0. The fourth-order valence-electron chi connectivity index (χ4n) is 3.36. The van der Waals surface area contributed by atoms with Gasteiger partial charge in [0.15, 0.2) is 5.82 Å². The van der Waals surface area contributed by atoms with Crippen molar-refractivity contribution in [2.45, 2.75) is 18.9 Å². The summed E-state index contributed by atoms with van der Waals surface area (Å²) >= 11 is 0. The molecule has 0 saturated heterocycles. The predicted molar refractivity (Wildman–Crippen MR) is 107 cm³/mol. The van der Waals surface area contributed by atoms with Gasteiger partial charge in [-0.3, -0.25) is 0 Å². The summed E-state index contributed by atoms with van der Waals surface area (Å²) in [4.78, 5) is 10.6. The maximum Gasteiger partial charge on any atom is 0.316 e. The fraction of sp³-hybridized carbons (Fsp3) is 0.238. The molecule has 7 heteroatoms. The summed E-state index contributed by atoms with van der Waals surface area (Å²) in [6, 6.07) is 9.38. The van der Waals surface area contributed by atoms with Crippen molar-refractivity contribution in [1.82, 2.24) is 24.7 Å². The van der Waals surface area contributed by atoms with Crippen molar-refractivity contribution >= 4 is 11.3 Å². The molecule has 0 N–H and O–H groups in total. The minimum Gasteiger partial charge on any atom is -0.467 e. The van der Waals surface area contributed by atoms with Gasteiger partial charge in [-0.05, 0) is 36.6 Å². The highest BCUT2D eigenvalue weighted by molar-refractivity contribution is 5.77. The van der Waals surface area contributed by atoms with Crippen molar-refractivity contribution in [3.63, 3.8) is 0 Å². The third-order valence-corrected chi connectivity index (χ3v) is 5.04. The molecule has 3 heterocycles. The summed E-state index contributed by atoms with van der Waals surface area (Å²) in [6.07, 6.45) is 14.2. The molecule has 28 heavy (non-hydrogen) atoms. The Labute approximate surface area is 163 Å². The first-order valence-corrected chi connectivity index (χ1v) is 9.33. The highest BCUT2D eigenvalue weighted by atomic mass is 16.5. The first-order chi connectivity index (χ1) is 13.8. The zero-order chi connectivity index (χ0) is 18.9. The summed E-state index contributed by atoms with van der Waals surface area (Å²) in [5.74, 6) is 0.942. The van der Waals surface area contributed by atoms with Gasteiger partial charge in [0.25, 0.3) is 0 Å². The number of benzene rings is 1. The zero-order valence-corrected chi connectivity index (χ0v) is 15.6. The molecule has 2 aliphatic rings. The Bertz CT molecular complexity index is 1050. The van der Waals surface area contributed by atoms with Crippen molar-refractivity contribution in [3.05, 3.63) is 66.9 Å². The smallest absolute Gasteiger partial charge is 0.316 e. The van der Waals surface area contributed by atoms with Gasteiger partial charge in [-0.1, -0.05) is 18.2 Å². The van der Waals surface area contributed by atoms with E-state index in [0.717, 1.165) is 34.8 Å². The molecule has 7 nitrogen and oxygen atoms in total. The third-order valence-electron chi connectivity index (χ3n) is 5.04. The maximum atomic E-state index is 5.02. The summed E-state index contributed by atoms with van der Waals surface area (Å²) < 4.78 is 7.21. The standard InChI is InChI=1S/C21H20N6O/c1-28-21-22-12-17(13-23-21)15-7-9-26(10-8-15)19-4-2-3-16(11-19)20-25-24-14-27(20)18-5-6-18/h2-4,7-9,11-14,18H,5-6,10H2,1H3. The molecule has 1 saturated carbocycles. The van der Waals surface area contributed by atoms with Gasteiger partial charge in [0.1, 0.15) is 6.33 Å². The van der Waals surface area contributed by atoms with Crippen molar-refractivity contribution < 1.29 is 4.74 Å². The quantitative estimate of drug-likeness (QED) is 0.683. The fourth-order valence-corrected chi connectivity index (χ4v) is 3.36. The van der Waals surface area contributed by atoms with Gasteiger partial charge in [0.05, 0.1) is 7.11 Å². The van der Waals surface area contributed by atoms with Crippen LogP contribution in [0.2, 0.25) is 0 Å². The van der Waals surface area contributed by atoms with Crippen LogP contribution in [0.4, 0.5) is 5.69 Å². The molecular formula is C21H20N6O. The predicted octanol–water partition coefficient (Wildman–Crippen LogP) is 3.50. The van der Waals surface area contributed by atoms with E-state index >= 15 is 0 Å². The van der Waals surface area contributed by atoms with Crippen LogP contribution in [0.25, 0.3) is 17.0 Å². The summed E-state index contributed by atoms with van der Waals surface area (Å²) in [7, 11) is 1.56. The zero-order valence-electron chi connectivity index (χ0n) is 15.6. The molecule has 140 valence electrons. The molecule has 5 rings (SSSR count). The number of hydrogen-bond acceptors (Lipinski definition) is 6. The van der Waals surface area contributed by atoms with Crippen LogP contribution >= 0.6 is 0 Å². The van der Waals surface area contributed by atoms with Gasteiger partial charge in [-0.25, -0.2) is 9.97 Å². The molecule has 0 amide bonds. The molecule has 1 aliphatic heterocycles. The first kappa shape index (κ1) is 16.7. The third kappa shape index (κ3) is 3.15. The molecule has 0 bridgehead atoms. The summed E-state index contributed by atoms with van der Waals surface area (Å²) in [5.41, 5.74) is 4.29. The van der Waals surface area contributed by atoms with Crippen molar-refractivity contribution in [2.75, 3.05) is 18.6 Å². The lowest BCUT2D eigenvalue weighted by atomic mass is 10.1. The van der Waals surface area contributed by atoms with E-state index in [1.165, 1.54) is 12.8 Å². The second-order valence-electron chi connectivity index (χ2n) is 6.93. The van der Waals surface area contributed by atoms with E-state index < -0.39 is 0 Å². The van der Waals surface area contributed by atoms with Crippen LogP contribution in [0.5, 0.6) is 6.01 Å². The number of aromatic nitrogens is 5. The molecule has 0 unspecified atom stereocenters. The average Bonchev–Trinajstić information content (AvgIpc) is 3.50. The molecular weight excluding hydrogens is 352 g/mol. The van der Waals surface area contributed by atoms with E-state index in [1.807, 2.05) is 6.33 Å². The van der Waals surface area contributed by atoms with Crippen LogP contribution in [-0.2, 0) is 0 Å². The van der Waals surface area contributed by atoms with Crippen molar-refractivity contribution in [1.29, 1.82) is 0 Å².